The zero-order valence-electron chi connectivity index (χ0n) is 18.5. The van der Waals surface area contributed by atoms with Gasteiger partial charge in [0.1, 0.15) is 0 Å². The summed E-state index contributed by atoms with van der Waals surface area (Å²) in [6.45, 7) is 3.92. The van der Waals surface area contributed by atoms with Crippen LogP contribution in [0.4, 0.5) is 4.79 Å². The van der Waals surface area contributed by atoms with Crippen LogP contribution in [0.25, 0.3) is 11.4 Å². The van der Waals surface area contributed by atoms with Crippen molar-refractivity contribution >= 4 is 35.4 Å². The third kappa shape index (κ3) is 5.02. The van der Waals surface area contributed by atoms with Crippen molar-refractivity contribution in [3.05, 3.63) is 76.0 Å². The van der Waals surface area contributed by atoms with Crippen molar-refractivity contribution in [2.75, 3.05) is 18.2 Å². The fourth-order valence-electron chi connectivity index (χ4n) is 3.50. The monoisotopic (exact) mass is 498 g/mol. The highest BCUT2D eigenvalue weighted by atomic mass is 35.5. The summed E-state index contributed by atoms with van der Waals surface area (Å²) in [5.41, 5.74) is 3.37. The minimum Gasteiger partial charge on any atom is -0.463 e. The number of aromatic nitrogens is 3. The molecule has 0 spiro atoms. The van der Waals surface area contributed by atoms with E-state index in [1.54, 1.807) is 31.2 Å². The van der Waals surface area contributed by atoms with Crippen molar-refractivity contribution in [3.63, 3.8) is 0 Å². The Labute approximate surface area is 205 Å². The molecule has 0 aliphatic carbocycles. The molecule has 176 valence electrons. The number of esters is 1. The van der Waals surface area contributed by atoms with Crippen LogP contribution in [0, 0.1) is 6.92 Å². The molecule has 0 saturated carbocycles. The lowest BCUT2D eigenvalue weighted by atomic mass is 9.95. The standard InChI is InChI=1S/C23H23ClN6O3S/c1-3-33-21(31)18-17(26-22(32)27-19(18)14-8-10-16(24)11-9-14)12-34-23-29-28-20(30(23)25)15-6-4-13(2)5-7-15/h4-11,19H,3,12,25H2,1-2H3,(H2,26,27,32). The second kappa shape index (κ2) is 10.2. The number of thioether (sulfide) groups is 1. The second-order valence-corrected chi connectivity index (χ2v) is 8.91. The Hall–Kier alpha value is -3.50. The average Bonchev–Trinajstić information content (AvgIpc) is 3.18. The van der Waals surface area contributed by atoms with Crippen LogP contribution >= 0.6 is 23.4 Å². The summed E-state index contributed by atoms with van der Waals surface area (Å²) < 4.78 is 6.68. The number of aryl methyl sites for hydroxylation is 1. The quantitative estimate of drug-likeness (QED) is 0.258. The average molecular weight is 499 g/mol. The predicted octanol–water partition coefficient (Wildman–Crippen LogP) is 3.58. The number of nitrogens with one attached hydrogen (secondary N) is 2. The van der Waals surface area contributed by atoms with Crippen LogP contribution in [-0.2, 0) is 9.53 Å². The van der Waals surface area contributed by atoms with Crippen LogP contribution in [0.2, 0.25) is 5.02 Å². The molecule has 0 bridgehead atoms. The summed E-state index contributed by atoms with van der Waals surface area (Å²) in [6, 6.07) is 13.6. The molecule has 4 rings (SSSR count). The number of benzene rings is 2. The van der Waals surface area contributed by atoms with Crippen molar-refractivity contribution in [1.82, 2.24) is 25.5 Å². The number of nitrogens with two attached hydrogens (primary N) is 1. The van der Waals surface area contributed by atoms with E-state index in [1.807, 2.05) is 31.2 Å². The lowest BCUT2D eigenvalue weighted by molar-refractivity contribution is -0.139. The summed E-state index contributed by atoms with van der Waals surface area (Å²) in [5.74, 6) is 6.44. The van der Waals surface area contributed by atoms with Gasteiger partial charge in [-0.1, -0.05) is 65.3 Å². The van der Waals surface area contributed by atoms with Crippen LogP contribution in [0.15, 0.2) is 65.0 Å². The number of carbonyl (C=O) groups is 2. The maximum absolute atomic E-state index is 12.9. The highest BCUT2D eigenvalue weighted by Crippen LogP contribution is 2.31. The topological polar surface area (TPSA) is 124 Å². The Morgan fingerprint density at radius 1 is 1.18 bits per heavy atom. The normalized spacial score (nSPS) is 15.6. The van der Waals surface area contributed by atoms with Gasteiger partial charge in [-0.3, -0.25) is 0 Å². The molecule has 2 heterocycles. The van der Waals surface area contributed by atoms with Crippen LogP contribution in [0.3, 0.4) is 0 Å². The molecule has 2 amide bonds. The summed E-state index contributed by atoms with van der Waals surface area (Å²) in [7, 11) is 0. The molecule has 0 radical (unpaired) electrons. The van der Waals surface area contributed by atoms with Gasteiger partial charge >= 0.3 is 12.0 Å². The molecular formula is C23H23ClN6O3S. The maximum Gasteiger partial charge on any atom is 0.338 e. The highest BCUT2D eigenvalue weighted by Gasteiger charge is 2.34. The summed E-state index contributed by atoms with van der Waals surface area (Å²) >= 11 is 7.26. The first-order chi connectivity index (χ1) is 16.4. The third-order valence-corrected chi connectivity index (χ3v) is 6.39. The molecule has 1 aliphatic rings. The molecule has 1 unspecified atom stereocenters. The smallest absolute Gasteiger partial charge is 0.338 e. The summed E-state index contributed by atoms with van der Waals surface area (Å²) in [5, 5.41) is 14.9. The van der Waals surface area contributed by atoms with E-state index in [-0.39, 0.29) is 12.4 Å². The highest BCUT2D eigenvalue weighted by molar-refractivity contribution is 7.99. The van der Waals surface area contributed by atoms with Crippen LogP contribution in [-0.4, -0.2) is 39.2 Å². The van der Waals surface area contributed by atoms with Gasteiger partial charge in [0.25, 0.3) is 0 Å². The molecule has 9 nitrogen and oxygen atoms in total. The Morgan fingerprint density at radius 3 is 2.56 bits per heavy atom. The van der Waals surface area contributed by atoms with E-state index in [0.29, 0.717) is 32.8 Å². The van der Waals surface area contributed by atoms with Crippen LogP contribution < -0.4 is 16.5 Å². The minimum atomic E-state index is -0.695. The van der Waals surface area contributed by atoms with Gasteiger partial charge < -0.3 is 21.2 Å². The Morgan fingerprint density at radius 2 is 1.88 bits per heavy atom. The number of hydrogen-bond acceptors (Lipinski definition) is 7. The van der Waals surface area contributed by atoms with E-state index in [1.165, 1.54) is 16.4 Å². The first kappa shape index (κ1) is 23.7. The number of hydrogen-bond donors (Lipinski definition) is 3. The number of urea groups is 1. The molecule has 1 atom stereocenters. The van der Waals surface area contributed by atoms with Gasteiger partial charge in [0.05, 0.1) is 18.2 Å². The summed E-state index contributed by atoms with van der Waals surface area (Å²) in [4.78, 5) is 25.3. The van der Waals surface area contributed by atoms with Gasteiger partial charge in [0, 0.05) is 22.0 Å². The molecule has 11 heteroatoms. The fourth-order valence-corrected chi connectivity index (χ4v) is 4.45. The summed E-state index contributed by atoms with van der Waals surface area (Å²) in [6.07, 6.45) is 0. The number of amides is 2. The lowest BCUT2D eigenvalue weighted by Crippen LogP contribution is -2.46. The van der Waals surface area contributed by atoms with E-state index in [9.17, 15) is 9.59 Å². The zero-order chi connectivity index (χ0) is 24.2. The Bertz CT molecular complexity index is 1240. The minimum absolute atomic E-state index is 0.196. The van der Waals surface area contributed by atoms with Gasteiger partial charge in [-0.15, -0.1) is 10.2 Å². The van der Waals surface area contributed by atoms with Gasteiger partial charge in [-0.05, 0) is 31.5 Å². The van der Waals surface area contributed by atoms with Crippen molar-refractivity contribution in [3.8, 4) is 11.4 Å². The molecular weight excluding hydrogens is 476 g/mol. The van der Waals surface area contributed by atoms with E-state index >= 15 is 0 Å². The first-order valence-electron chi connectivity index (χ1n) is 10.5. The molecule has 34 heavy (non-hydrogen) atoms. The SMILES string of the molecule is CCOC(=O)C1=C(CSc2nnc(-c3ccc(C)cc3)n2N)NC(=O)NC1c1ccc(Cl)cc1. The van der Waals surface area contributed by atoms with Gasteiger partial charge in [-0.25, -0.2) is 14.3 Å². The predicted molar refractivity (Wildman–Crippen MR) is 131 cm³/mol. The number of ether oxygens (including phenoxy) is 1. The number of carbonyl (C=O) groups excluding carboxylic acids is 2. The molecule has 4 N–H and O–H groups in total. The van der Waals surface area contributed by atoms with E-state index in [4.69, 9.17) is 22.2 Å². The lowest BCUT2D eigenvalue weighted by Gasteiger charge is -2.29. The maximum atomic E-state index is 12.9. The van der Waals surface area contributed by atoms with Crippen molar-refractivity contribution in [2.45, 2.75) is 25.0 Å². The largest absolute Gasteiger partial charge is 0.463 e. The fraction of sp³-hybridized carbons (Fsp3) is 0.217. The first-order valence-corrected chi connectivity index (χ1v) is 11.9. The third-order valence-electron chi connectivity index (χ3n) is 5.17. The molecule has 2 aromatic carbocycles. The number of nitrogens with zero attached hydrogens (tertiary/aromatic N) is 3. The van der Waals surface area contributed by atoms with Crippen LogP contribution in [0.5, 0.6) is 0 Å². The van der Waals surface area contributed by atoms with Crippen molar-refractivity contribution < 1.29 is 14.3 Å². The van der Waals surface area contributed by atoms with E-state index < -0.39 is 18.0 Å². The van der Waals surface area contributed by atoms with Gasteiger partial charge in [0.15, 0.2) is 5.82 Å². The molecule has 1 aromatic heterocycles. The molecule has 3 aromatic rings. The second-order valence-electron chi connectivity index (χ2n) is 7.53. The van der Waals surface area contributed by atoms with E-state index in [0.717, 1.165) is 11.1 Å². The molecule has 0 saturated heterocycles. The van der Waals surface area contributed by atoms with E-state index in [2.05, 4.69) is 20.8 Å². The van der Waals surface area contributed by atoms with Gasteiger partial charge in [-0.2, -0.15) is 0 Å². The van der Waals surface area contributed by atoms with Crippen LogP contribution in [0.1, 0.15) is 24.1 Å². The number of nitrogen functional groups attached to an aromatic ring is 1. The Balaban J connectivity index is 1.64. The Kier molecular flexibility index (Phi) is 7.09. The number of halogens is 1. The number of rotatable bonds is 7. The van der Waals surface area contributed by atoms with Crippen molar-refractivity contribution in [1.29, 1.82) is 0 Å². The van der Waals surface area contributed by atoms with Crippen molar-refractivity contribution in [2.24, 2.45) is 0 Å². The van der Waals surface area contributed by atoms with Gasteiger partial charge in [0.2, 0.25) is 5.16 Å². The molecule has 0 fully saturated rings. The zero-order valence-corrected chi connectivity index (χ0v) is 20.1. The molecule has 1 aliphatic heterocycles.